The third-order valence-electron chi connectivity index (χ3n) is 2.47. The zero-order valence-corrected chi connectivity index (χ0v) is 11.2. The Morgan fingerprint density at radius 3 is 2.68 bits per heavy atom. The van der Waals surface area contributed by atoms with Crippen LogP contribution in [0.25, 0.3) is 0 Å². The Hall–Kier alpha value is -1.99. The number of ketones is 1. The van der Waals surface area contributed by atoms with Crippen LogP contribution in [0.2, 0.25) is 5.02 Å². The molecule has 2 rings (SSSR count). The topological polar surface area (TPSA) is 93.8 Å². The Balaban J connectivity index is 2.29. The summed E-state index contributed by atoms with van der Waals surface area (Å²) in [5.41, 5.74) is -0.140. The van der Waals surface area contributed by atoms with E-state index in [9.17, 15) is 9.59 Å². The van der Waals surface area contributed by atoms with Crippen molar-refractivity contribution in [1.82, 2.24) is 14.9 Å². The first-order valence-corrected chi connectivity index (χ1v) is 6.02. The van der Waals surface area contributed by atoms with E-state index in [0.29, 0.717) is 10.6 Å². The Bertz CT molecular complexity index is 736. The Morgan fingerprint density at radius 1 is 1.42 bits per heavy atom. The summed E-state index contributed by atoms with van der Waals surface area (Å²) >= 11 is 10.5. The van der Waals surface area contributed by atoms with Gasteiger partial charge in [-0.2, -0.15) is 9.77 Å². The van der Waals surface area contributed by atoms with E-state index in [4.69, 9.17) is 29.7 Å². The van der Waals surface area contributed by atoms with Gasteiger partial charge in [-0.1, -0.05) is 11.6 Å². The number of halogens is 1. The van der Waals surface area contributed by atoms with Crippen LogP contribution >= 0.6 is 23.8 Å². The maximum Gasteiger partial charge on any atom is 0.295 e. The van der Waals surface area contributed by atoms with Gasteiger partial charge in [-0.05, 0) is 36.5 Å². The fourth-order valence-electron chi connectivity index (χ4n) is 1.45. The molecule has 0 amide bonds. The van der Waals surface area contributed by atoms with Crippen molar-refractivity contribution in [3.63, 3.8) is 0 Å². The van der Waals surface area contributed by atoms with Gasteiger partial charge < -0.3 is 5.84 Å². The van der Waals surface area contributed by atoms with E-state index in [-0.39, 0.29) is 22.7 Å². The van der Waals surface area contributed by atoms with Crippen LogP contribution < -0.4 is 11.4 Å². The van der Waals surface area contributed by atoms with Gasteiger partial charge in [-0.15, -0.1) is 0 Å². The number of hydrogen-bond donors (Lipinski definition) is 2. The summed E-state index contributed by atoms with van der Waals surface area (Å²) in [5, 5.41) is 6.67. The number of nitrogens with zero attached hydrogens (tertiary/aromatic N) is 2. The molecule has 8 heteroatoms. The first-order valence-electron chi connectivity index (χ1n) is 5.23. The largest absolute Gasteiger partial charge is 0.334 e. The van der Waals surface area contributed by atoms with Crippen molar-refractivity contribution in [2.75, 3.05) is 5.84 Å². The molecule has 0 aliphatic rings. The van der Waals surface area contributed by atoms with Crippen molar-refractivity contribution < 1.29 is 4.79 Å². The van der Waals surface area contributed by atoms with Crippen molar-refractivity contribution in [2.24, 2.45) is 0 Å². The van der Waals surface area contributed by atoms with Crippen LogP contribution in [0.4, 0.5) is 0 Å². The molecule has 1 heterocycles. The third-order valence-corrected chi connectivity index (χ3v) is 3.01. The maximum atomic E-state index is 12.0. The van der Waals surface area contributed by atoms with Crippen molar-refractivity contribution in [1.29, 1.82) is 0 Å². The van der Waals surface area contributed by atoms with Crippen LogP contribution in [-0.4, -0.2) is 20.7 Å². The number of H-pyrrole nitrogens is 1. The molecule has 0 fully saturated rings. The molecule has 0 saturated carbocycles. The Kier molecular flexibility index (Phi) is 3.77. The average molecular weight is 297 g/mol. The summed E-state index contributed by atoms with van der Waals surface area (Å²) < 4.78 is 0.736. The Labute approximate surface area is 117 Å². The lowest BCUT2D eigenvalue weighted by Gasteiger charge is -2.02. The minimum absolute atomic E-state index is 0.00677. The smallest absolute Gasteiger partial charge is 0.295 e. The highest BCUT2D eigenvalue weighted by Crippen LogP contribution is 2.10. The van der Waals surface area contributed by atoms with E-state index < -0.39 is 5.56 Å². The highest BCUT2D eigenvalue weighted by molar-refractivity contribution is 7.71. The van der Waals surface area contributed by atoms with E-state index in [1.165, 1.54) is 0 Å². The van der Waals surface area contributed by atoms with Gasteiger partial charge >= 0.3 is 0 Å². The van der Waals surface area contributed by atoms with Gasteiger partial charge in [0.25, 0.3) is 5.56 Å². The summed E-state index contributed by atoms with van der Waals surface area (Å²) in [7, 11) is 0. The number of hydrogen-bond acceptors (Lipinski definition) is 5. The number of benzene rings is 1. The fraction of sp³-hybridized carbons (Fsp3) is 0.0909. The van der Waals surface area contributed by atoms with Crippen LogP contribution in [0.1, 0.15) is 16.1 Å². The quantitative estimate of drug-likeness (QED) is 0.502. The lowest BCUT2D eigenvalue weighted by atomic mass is 10.1. The number of aromatic nitrogens is 3. The van der Waals surface area contributed by atoms with Crippen molar-refractivity contribution in [2.45, 2.75) is 6.42 Å². The molecule has 0 unspecified atom stereocenters. The van der Waals surface area contributed by atoms with Crippen LogP contribution in [0.5, 0.6) is 0 Å². The molecule has 2 aromatic rings. The van der Waals surface area contributed by atoms with Crippen LogP contribution in [-0.2, 0) is 6.42 Å². The summed E-state index contributed by atoms with van der Waals surface area (Å²) in [6.07, 6.45) is -0.163. The molecular weight excluding hydrogens is 288 g/mol. The number of carbonyl (C=O) groups is 1. The van der Waals surface area contributed by atoms with Gasteiger partial charge in [0, 0.05) is 10.6 Å². The molecule has 1 aromatic heterocycles. The molecule has 0 spiro atoms. The second-order valence-corrected chi connectivity index (χ2v) is 4.58. The van der Waals surface area contributed by atoms with Gasteiger partial charge in [0.15, 0.2) is 5.78 Å². The van der Waals surface area contributed by atoms with E-state index >= 15 is 0 Å². The maximum absolute atomic E-state index is 12.0. The third kappa shape index (κ3) is 2.88. The number of rotatable bonds is 3. The van der Waals surface area contributed by atoms with Gasteiger partial charge in [0.2, 0.25) is 4.77 Å². The van der Waals surface area contributed by atoms with Gasteiger partial charge in [0.1, 0.15) is 5.69 Å². The number of nitrogen functional groups attached to an aromatic ring is 1. The lowest BCUT2D eigenvalue weighted by molar-refractivity contribution is 0.0991. The van der Waals surface area contributed by atoms with Crippen molar-refractivity contribution in [3.05, 3.63) is 55.7 Å². The number of aromatic amines is 1. The average Bonchev–Trinajstić information content (AvgIpc) is 2.40. The molecule has 0 atom stereocenters. The highest BCUT2D eigenvalue weighted by Gasteiger charge is 2.12. The molecule has 0 radical (unpaired) electrons. The summed E-state index contributed by atoms with van der Waals surface area (Å²) in [5.74, 6) is 5.16. The van der Waals surface area contributed by atoms with E-state index in [1.54, 1.807) is 24.3 Å². The molecule has 98 valence electrons. The van der Waals surface area contributed by atoms with Gasteiger partial charge in [-0.3, -0.25) is 14.7 Å². The number of nitrogens with one attached hydrogen (secondary N) is 1. The molecule has 3 N–H and O–H groups in total. The predicted octanol–water partition coefficient (Wildman–Crippen LogP) is 1.09. The van der Waals surface area contributed by atoms with E-state index in [2.05, 4.69) is 10.2 Å². The van der Waals surface area contributed by atoms with Crippen LogP contribution in [0, 0.1) is 4.77 Å². The normalized spacial score (nSPS) is 10.4. The number of nitrogens with two attached hydrogens (primary N) is 1. The SMILES string of the molecule is Nn1c(=S)[nH]nc(CC(=O)c2ccc(Cl)cc2)c1=O. The molecule has 0 saturated heterocycles. The van der Waals surface area contributed by atoms with E-state index in [1.807, 2.05) is 0 Å². The first kappa shape index (κ1) is 13.4. The molecule has 0 aliphatic heterocycles. The minimum Gasteiger partial charge on any atom is -0.334 e. The highest BCUT2D eigenvalue weighted by atomic mass is 35.5. The van der Waals surface area contributed by atoms with Crippen LogP contribution in [0.3, 0.4) is 0 Å². The summed E-state index contributed by atoms with van der Waals surface area (Å²) in [6.45, 7) is 0. The second kappa shape index (κ2) is 5.33. The molecule has 6 nitrogen and oxygen atoms in total. The molecule has 19 heavy (non-hydrogen) atoms. The summed E-state index contributed by atoms with van der Waals surface area (Å²) in [4.78, 5) is 23.7. The van der Waals surface area contributed by atoms with Crippen molar-refractivity contribution in [3.8, 4) is 0 Å². The van der Waals surface area contributed by atoms with Crippen LogP contribution in [0.15, 0.2) is 29.1 Å². The predicted molar refractivity (Wildman–Crippen MR) is 73.3 cm³/mol. The fourth-order valence-corrected chi connectivity index (χ4v) is 1.71. The lowest BCUT2D eigenvalue weighted by Crippen LogP contribution is -2.33. The summed E-state index contributed by atoms with van der Waals surface area (Å²) in [6, 6.07) is 6.36. The second-order valence-electron chi connectivity index (χ2n) is 3.76. The molecule has 0 aliphatic carbocycles. The standard InChI is InChI=1S/C11H9ClN4O2S/c12-7-3-1-6(2-4-7)9(17)5-8-10(18)16(13)11(19)15-14-8/h1-4H,5,13H2,(H,15,19). The van der Waals surface area contributed by atoms with Gasteiger partial charge in [0.05, 0.1) is 6.42 Å². The van der Waals surface area contributed by atoms with Gasteiger partial charge in [-0.25, -0.2) is 0 Å². The molecule has 0 bridgehead atoms. The number of Topliss-reactive ketones (excluding diaryl/α,β-unsaturated/α-hetero) is 1. The van der Waals surface area contributed by atoms with Crippen molar-refractivity contribution >= 4 is 29.6 Å². The zero-order valence-electron chi connectivity index (χ0n) is 9.59. The monoisotopic (exact) mass is 296 g/mol. The Morgan fingerprint density at radius 2 is 2.05 bits per heavy atom. The zero-order chi connectivity index (χ0) is 14.0. The molecular formula is C11H9ClN4O2S. The number of carbonyl (C=O) groups excluding carboxylic acids is 1. The first-order chi connectivity index (χ1) is 8.99. The minimum atomic E-state index is -0.592. The van der Waals surface area contributed by atoms with E-state index in [0.717, 1.165) is 4.68 Å². The molecule has 1 aromatic carbocycles.